The number of hydrogen-bond acceptors (Lipinski definition) is 4. The van der Waals surface area contributed by atoms with Gasteiger partial charge in [-0.25, -0.2) is 0 Å². The van der Waals surface area contributed by atoms with Crippen molar-refractivity contribution in [2.24, 2.45) is 0 Å². The van der Waals surface area contributed by atoms with Crippen LogP contribution in [0.2, 0.25) is 5.02 Å². The third-order valence-corrected chi connectivity index (χ3v) is 5.66. The van der Waals surface area contributed by atoms with Gasteiger partial charge in [-0.05, 0) is 61.7 Å². The average Bonchev–Trinajstić information content (AvgIpc) is 2.80. The van der Waals surface area contributed by atoms with Crippen LogP contribution in [0.4, 0.5) is 5.69 Å². The van der Waals surface area contributed by atoms with Crippen LogP contribution in [0.25, 0.3) is 6.08 Å². The lowest BCUT2D eigenvalue weighted by atomic mass is 9.95. The molecule has 0 unspecified atom stereocenters. The van der Waals surface area contributed by atoms with Crippen molar-refractivity contribution in [2.75, 3.05) is 19.0 Å². The normalized spacial score (nSPS) is 14.2. The number of anilines is 1. The van der Waals surface area contributed by atoms with Crippen molar-refractivity contribution in [3.63, 3.8) is 0 Å². The van der Waals surface area contributed by atoms with Gasteiger partial charge in [0, 0.05) is 17.8 Å². The van der Waals surface area contributed by atoms with Crippen molar-refractivity contribution >= 4 is 35.2 Å². The van der Waals surface area contributed by atoms with E-state index >= 15 is 0 Å². The van der Waals surface area contributed by atoms with E-state index in [1.807, 2.05) is 13.0 Å². The van der Waals surface area contributed by atoms with Crippen LogP contribution in [0, 0.1) is 0 Å². The third-order valence-electron chi connectivity index (χ3n) is 5.33. The first-order valence-corrected chi connectivity index (χ1v) is 11.3. The van der Waals surface area contributed by atoms with E-state index in [1.165, 1.54) is 12.5 Å². The van der Waals surface area contributed by atoms with Gasteiger partial charge in [-0.2, -0.15) is 0 Å². The summed E-state index contributed by atoms with van der Waals surface area (Å²) in [5.41, 5.74) is 1.65. The predicted octanol–water partition coefficient (Wildman–Crippen LogP) is 5.46. The first-order valence-electron chi connectivity index (χ1n) is 10.9. The molecule has 0 aliphatic heterocycles. The van der Waals surface area contributed by atoms with Crippen molar-refractivity contribution in [1.29, 1.82) is 0 Å². The zero-order valence-electron chi connectivity index (χ0n) is 18.4. The van der Waals surface area contributed by atoms with Gasteiger partial charge in [-0.3, -0.25) is 9.59 Å². The van der Waals surface area contributed by atoms with E-state index in [0.717, 1.165) is 31.2 Å². The molecule has 3 rings (SSSR count). The van der Waals surface area contributed by atoms with Crippen molar-refractivity contribution in [3.8, 4) is 11.5 Å². The summed E-state index contributed by atoms with van der Waals surface area (Å²) in [5, 5.41) is 6.19. The average molecular weight is 457 g/mol. The topological polar surface area (TPSA) is 76.7 Å². The summed E-state index contributed by atoms with van der Waals surface area (Å²) in [5.74, 6) is 0.714. The summed E-state index contributed by atoms with van der Waals surface area (Å²) in [6.07, 6.45) is 8.54. The zero-order chi connectivity index (χ0) is 22.9. The van der Waals surface area contributed by atoms with Crippen molar-refractivity contribution in [3.05, 3.63) is 58.6 Å². The highest BCUT2D eigenvalue weighted by Crippen LogP contribution is 2.28. The number of hydrogen-bond donors (Lipinski definition) is 2. The summed E-state index contributed by atoms with van der Waals surface area (Å²) in [6.45, 7) is 2.44. The smallest absolute Gasteiger partial charge is 0.253 e. The standard InChI is InChI=1S/C25H29ClN2O4/c1-3-32-22-13-9-17(15-23(22)31-2)10-14-24(29)27-19-11-12-21(26)20(16-19)25(30)28-18-7-5-4-6-8-18/h9-16,18H,3-8H2,1-2H3,(H,27,29)(H,28,30). The van der Waals surface area contributed by atoms with Gasteiger partial charge in [0.2, 0.25) is 5.91 Å². The monoisotopic (exact) mass is 456 g/mol. The fourth-order valence-corrected chi connectivity index (χ4v) is 3.91. The van der Waals surface area contributed by atoms with Gasteiger partial charge in [0.1, 0.15) is 0 Å². The van der Waals surface area contributed by atoms with Crippen molar-refractivity contribution in [2.45, 2.75) is 45.1 Å². The quantitative estimate of drug-likeness (QED) is 0.517. The summed E-state index contributed by atoms with van der Waals surface area (Å²) in [7, 11) is 1.57. The van der Waals surface area contributed by atoms with Crippen LogP contribution in [-0.4, -0.2) is 31.6 Å². The SMILES string of the molecule is CCOc1ccc(C=CC(=O)Nc2ccc(Cl)c(C(=O)NC3CCCCC3)c2)cc1OC. The molecule has 2 aromatic rings. The molecular weight excluding hydrogens is 428 g/mol. The van der Waals surface area contributed by atoms with E-state index in [4.69, 9.17) is 21.1 Å². The fourth-order valence-electron chi connectivity index (χ4n) is 3.71. The lowest BCUT2D eigenvalue weighted by Gasteiger charge is -2.23. The molecule has 170 valence electrons. The minimum atomic E-state index is -0.321. The van der Waals surface area contributed by atoms with E-state index < -0.39 is 0 Å². The highest BCUT2D eigenvalue weighted by molar-refractivity contribution is 6.34. The maximum absolute atomic E-state index is 12.7. The number of nitrogens with one attached hydrogen (secondary N) is 2. The molecule has 1 fully saturated rings. The molecule has 32 heavy (non-hydrogen) atoms. The molecule has 6 nitrogen and oxygen atoms in total. The molecule has 1 aliphatic carbocycles. The largest absolute Gasteiger partial charge is 0.493 e. The number of benzene rings is 2. The highest BCUT2D eigenvalue weighted by atomic mass is 35.5. The van der Waals surface area contributed by atoms with Gasteiger partial charge in [0.25, 0.3) is 5.91 Å². The van der Waals surface area contributed by atoms with Gasteiger partial charge >= 0.3 is 0 Å². The van der Waals surface area contributed by atoms with Crippen molar-refractivity contribution in [1.82, 2.24) is 5.32 Å². The van der Waals surface area contributed by atoms with Crippen LogP contribution in [0.15, 0.2) is 42.5 Å². The molecule has 1 aliphatic rings. The van der Waals surface area contributed by atoms with E-state index in [9.17, 15) is 9.59 Å². The van der Waals surface area contributed by atoms with Crippen LogP contribution in [-0.2, 0) is 4.79 Å². The molecule has 0 atom stereocenters. The lowest BCUT2D eigenvalue weighted by molar-refractivity contribution is -0.111. The number of carbonyl (C=O) groups is 2. The number of halogens is 1. The molecule has 0 bridgehead atoms. The van der Waals surface area contributed by atoms with Crippen molar-refractivity contribution < 1.29 is 19.1 Å². The van der Waals surface area contributed by atoms with Crippen LogP contribution in [0.5, 0.6) is 11.5 Å². The van der Waals surface area contributed by atoms with Gasteiger partial charge in [0.05, 0.1) is 24.3 Å². The second-order valence-electron chi connectivity index (χ2n) is 7.67. The van der Waals surface area contributed by atoms with Crippen LogP contribution in [0.3, 0.4) is 0 Å². The second kappa shape index (κ2) is 11.6. The van der Waals surface area contributed by atoms with E-state index in [-0.39, 0.29) is 17.9 Å². The molecule has 2 amide bonds. The van der Waals surface area contributed by atoms with E-state index in [2.05, 4.69) is 10.6 Å². The number of amides is 2. The molecule has 0 radical (unpaired) electrons. The molecule has 2 aromatic carbocycles. The van der Waals surface area contributed by atoms with Crippen LogP contribution in [0.1, 0.15) is 54.9 Å². The Balaban J connectivity index is 1.64. The summed E-state index contributed by atoms with van der Waals surface area (Å²) < 4.78 is 10.8. The fraction of sp³-hybridized carbons (Fsp3) is 0.360. The number of methoxy groups -OCH3 is 1. The van der Waals surface area contributed by atoms with E-state index in [0.29, 0.717) is 34.4 Å². The van der Waals surface area contributed by atoms with Gasteiger partial charge in [-0.1, -0.05) is 36.9 Å². The Labute approximate surface area is 193 Å². The minimum Gasteiger partial charge on any atom is -0.493 e. The lowest BCUT2D eigenvalue weighted by Crippen LogP contribution is -2.36. The summed E-state index contributed by atoms with van der Waals surface area (Å²) in [4.78, 5) is 25.1. The van der Waals surface area contributed by atoms with Crippen LogP contribution < -0.4 is 20.1 Å². The molecule has 1 saturated carbocycles. The first-order chi connectivity index (χ1) is 15.5. The van der Waals surface area contributed by atoms with E-state index in [1.54, 1.807) is 43.5 Å². The number of rotatable bonds is 8. The Morgan fingerprint density at radius 3 is 2.59 bits per heavy atom. The first kappa shape index (κ1) is 23.7. The third kappa shape index (κ3) is 6.50. The highest BCUT2D eigenvalue weighted by Gasteiger charge is 2.18. The van der Waals surface area contributed by atoms with Crippen LogP contribution >= 0.6 is 11.6 Å². The van der Waals surface area contributed by atoms with Gasteiger partial charge < -0.3 is 20.1 Å². The Hall–Kier alpha value is -2.99. The maximum Gasteiger partial charge on any atom is 0.253 e. The molecule has 0 heterocycles. The predicted molar refractivity (Wildman–Crippen MR) is 128 cm³/mol. The molecule has 0 spiro atoms. The minimum absolute atomic E-state index is 0.180. The Bertz CT molecular complexity index is 984. The molecule has 2 N–H and O–H groups in total. The maximum atomic E-state index is 12.7. The van der Waals surface area contributed by atoms with Gasteiger partial charge in [-0.15, -0.1) is 0 Å². The number of carbonyl (C=O) groups excluding carboxylic acids is 2. The molecular formula is C25H29ClN2O4. The molecule has 0 saturated heterocycles. The Kier molecular flexibility index (Phi) is 8.56. The summed E-state index contributed by atoms with van der Waals surface area (Å²) in [6, 6.07) is 10.5. The molecule has 7 heteroatoms. The Morgan fingerprint density at radius 2 is 1.88 bits per heavy atom. The number of ether oxygens (including phenoxy) is 2. The summed E-state index contributed by atoms with van der Waals surface area (Å²) >= 11 is 6.24. The second-order valence-corrected chi connectivity index (χ2v) is 8.08. The zero-order valence-corrected chi connectivity index (χ0v) is 19.2. The molecule has 0 aromatic heterocycles. The Morgan fingerprint density at radius 1 is 1.09 bits per heavy atom. The van der Waals surface area contributed by atoms with Gasteiger partial charge in [0.15, 0.2) is 11.5 Å².